The van der Waals surface area contributed by atoms with Crippen LogP contribution in [0.25, 0.3) is 0 Å². The van der Waals surface area contributed by atoms with Crippen molar-refractivity contribution in [1.82, 2.24) is 4.90 Å². The van der Waals surface area contributed by atoms with Gasteiger partial charge in [-0.1, -0.05) is 18.2 Å². The van der Waals surface area contributed by atoms with Crippen molar-refractivity contribution in [2.45, 2.75) is 38.1 Å². The molecule has 4 nitrogen and oxygen atoms in total. The number of hydrogen-bond acceptors (Lipinski definition) is 3. The van der Waals surface area contributed by atoms with Gasteiger partial charge in [0.25, 0.3) is 0 Å². The van der Waals surface area contributed by atoms with Gasteiger partial charge in [-0.3, -0.25) is 4.79 Å². The summed E-state index contributed by atoms with van der Waals surface area (Å²) in [6.45, 7) is 1.17. The third kappa shape index (κ3) is 2.36. The van der Waals surface area contributed by atoms with Gasteiger partial charge in [0.05, 0.1) is 6.04 Å². The van der Waals surface area contributed by atoms with E-state index in [0.29, 0.717) is 12.7 Å². The Kier molecular flexibility index (Phi) is 3.53. The van der Waals surface area contributed by atoms with Crippen LogP contribution in [0.15, 0.2) is 30.4 Å². The van der Waals surface area contributed by atoms with Gasteiger partial charge in [-0.25, -0.2) is 0 Å². The van der Waals surface area contributed by atoms with E-state index in [2.05, 4.69) is 23.1 Å². The van der Waals surface area contributed by atoms with Crippen LogP contribution in [-0.2, 0) is 4.79 Å². The van der Waals surface area contributed by atoms with E-state index in [1.54, 1.807) is 0 Å². The van der Waals surface area contributed by atoms with E-state index < -0.39 is 0 Å². The summed E-state index contributed by atoms with van der Waals surface area (Å²) in [6, 6.07) is 6.26. The molecule has 2 heterocycles. The Balaban J connectivity index is 1.55. The molecular weight excluding hydrogens is 278 g/mol. The summed E-state index contributed by atoms with van der Waals surface area (Å²) in [4.78, 5) is 14.9. The number of ether oxygens (including phenoxy) is 2. The number of rotatable bonds is 2. The first-order valence-electron chi connectivity index (χ1n) is 8.18. The van der Waals surface area contributed by atoms with Crippen LogP contribution in [0.3, 0.4) is 0 Å². The monoisotopic (exact) mass is 299 g/mol. The topological polar surface area (TPSA) is 38.8 Å². The summed E-state index contributed by atoms with van der Waals surface area (Å²) in [5.41, 5.74) is 1.17. The maximum Gasteiger partial charge on any atom is 0.231 e. The van der Waals surface area contributed by atoms with Gasteiger partial charge in [0.2, 0.25) is 12.7 Å². The molecule has 0 saturated carbocycles. The van der Waals surface area contributed by atoms with Crippen LogP contribution in [-0.4, -0.2) is 24.1 Å². The zero-order valence-electron chi connectivity index (χ0n) is 12.7. The third-order valence-corrected chi connectivity index (χ3v) is 4.94. The van der Waals surface area contributed by atoms with Crippen LogP contribution in [0, 0.1) is 5.92 Å². The largest absolute Gasteiger partial charge is 0.454 e. The van der Waals surface area contributed by atoms with Crippen LogP contribution >= 0.6 is 0 Å². The fourth-order valence-electron chi connectivity index (χ4n) is 3.75. The van der Waals surface area contributed by atoms with E-state index >= 15 is 0 Å². The Hall–Kier alpha value is -1.97. The summed E-state index contributed by atoms with van der Waals surface area (Å²) in [7, 11) is 0. The molecule has 1 aromatic carbocycles. The molecule has 1 fully saturated rings. The Bertz CT molecular complexity index is 610. The lowest BCUT2D eigenvalue weighted by Gasteiger charge is -2.29. The van der Waals surface area contributed by atoms with E-state index in [9.17, 15) is 4.79 Å². The zero-order valence-corrected chi connectivity index (χ0v) is 12.7. The highest BCUT2D eigenvalue weighted by Gasteiger charge is 2.34. The number of hydrogen-bond donors (Lipinski definition) is 0. The highest BCUT2D eigenvalue weighted by atomic mass is 16.7. The van der Waals surface area contributed by atoms with Gasteiger partial charge in [-0.15, -0.1) is 0 Å². The van der Waals surface area contributed by atoms with Crippen molar-refractivity contribution in [2.75, 3.05) is 13.3 Å². The lowest BCUT2D eigenvalue weighted by atomic mass is 9.92. The second-order valence-corrected chi connectivity index (χ2v) is 6.28. The van der Waals surface area contributed by atoms with E-state index in [-0.39, 0.29) is 12.0 Å². The molecule has 0 radical (unpaired) electrons. The van der Waals surface area contributed by atoms with Crippen molar-refractivity contribution in [3.05, 3.63) is 35.9 Å². The molecule has 2 atom stereocenters. The highest BCUT2D eigenvalue weighted by Crippen LogP contribution is 2.40. The van der Waals surface area contributed by atoms with Crippen molar-refractivity contribution in [3.63, 3.8) is 0 Å². The normalized spacial score (nSPS) is 26.5. The van der Waals surface area contributed by atoms with Gasteiger partial charge in [0, 0.05) is 12.5 Å². The number of fused-ring (bicyclic) bond motifs is 1. The predicted molar refractivity (Wildman–Crippen MR) is 82.7 cm³/mol. The molecule has 0 aromatic heterocycles. The summed E-state index contributed by atoms with van der Waals surface area (Å²) in [5, 5.41) is 0. The minimum absolute atomic E-state index is 0.166. The van der Waals surface area contributed by atoms with Crippen LogP contribution < -0.4 is 9.47 Å². The molecule has 0 spiro atoms. The lowest BCUT2D eigenvalue weighted by Crippen LogP contribution is -2.36. The Morgan fingerprint density at radius 3 is 2.91 bits per heavy atom. The van der Waals surface area contributed by atoms with Crippen molar-refractivity contribution in [3.8, 4) is 11.5 Å². The fraction of sp³-hybridized carbons (Fsp3) is 0.500. The molecule has 0 unspecified atom stereocenters. The second-order valence-electron chi connectivity index (χ2n) is 6.28. The lowest BCUT2D eigenvalue weighted by molar-refractivity contribution is -0.136. The first kappa shape index (κ1) is 13.7. The Morgan fingerprint density at radius 1 is 1.14 bits per heavy atom. The van der Waals surface area contributed by atoms with Gasteiger partial charge in [0.1, 0.15) is 0 Å². The Morgan fingerprint density at radius 2 is 2.05 bits per heavy atom. The number of benzene rings is 1. The molecule has 116 valence electrons. The van der Waals surface area contributed by atoms with Crippen LogP contribution in [0.2, 0.25) is 0 Å². The Labute approximate surface area is 130 Å². The van der Waals surface area contributed by atoms with Crippen molar-refractivity contribution in [1.29, 1.82) is 0 Å². The molecule has 3 aliphatic rings. The molecule has 4 heteroatoms. The average Bonchev–Trinajstić information content (AvgIpc) is 3.23. The quantitative estimate of drug-likeness (QED) is 0.785. The molecule has 0 bridgehead atoms. The van der Waals surface area contributed by atoms with E-state index in [0.717, 1.165) is 50.1 Å². The molecule has 1 amide bonds. The number of nitrogens with zero attached hydrogens (tertiary/aromatic N) is 1. The first-order valence-corrected chi connectivity index (χ1v) is 8.18. The SMILES string of the molecule is O=C([C@H]1CC=CCC1)N1CCC[C@H]1c1ccc2c(c1)OCO2. The second kappa shape index (κ2) is 5.67. The van der Waals surface area contributed by atoms with Crippen molar-refractivity contribution in [2.24, 2.45) is 5.92 Å². The van der Waals surface area contributed by atoms with Gasteiger partial charge < -0.3 is 14.4 Å². The standard InChI is InChI=1S/C18H21NO3/c20-18(13-5-2-1-3-6-13)19-10-4-7-15(19)14-8-9-16-17(11-14)22-12-21-16/h1-2,8-9,11,13,15H,3-7,10,12H2/t13-,15-/m0/s1. The molecule has 0 N–H and O–H groups in total. The molecule has 4 rings (SSSR count). The maximum atomic E-state index is 12.9. The van der Waals surface area contributed by atoms with Gasteiger partial charge in [0.15, 0.2) is 11.5 Å². The molecule has 1 aliphatic carbocycles. The summed E-state index contributed by atoms with van der Waals surface area (Å²) < 4.78 is 10.9. The summed E-state index contributed by atoms with van der Waals surface area (Å²) in [5.74, 6) is 2.10. The summed E-state index contributed by atoms with van der Waals surface area (Å²) >= 11 is 0. The average molecular weight is 299 g/mol. The fourth-order valence-corrected chi connectivity index (χ4v) is 3.75. The van der Waals surface area contributed by atoms with E-state index in [4.69, 9.17) is 9.47 Å². The van der Waals surface area contributed by atoms with Gasteiger partial charge in [-0.05, 0) is 49.8 Å². The number of amides is 1. The molecule has 1 saturated heterocycles. The van der Waals surface area contributed by atoms with Crippen molar-refractivity contribution < 1.29 is 14.3 Å². The van der Waals surface area contributed by atoms with E-state index in [1.807, 2.05) is 12.1 Å². The van der Waals surface area contributed by atoms with Crippen LogP contribution in [0.4, 0.5) is 0 Å². The molecule has 1 aromatic rings. The van der Waals surface area contributed by atoms with Crippen LogP contribution in [0.5, 0.6) is 11.5 Å². The molecule has 2 aliphatic heterocycles. The smallest absolute Gasteiger partial charge is 0.231 e. The van der Waals surface area contributed by atoms with Gasteiger partial charge in [-0.2, -0.15) is 0 Å². The highest BCUT2D eigenvalue weighted by molar-refractivity contribution is 5.80. The number of carbonyl (C=O) groups is 1. The molecule has 22 heavy (non-hydrogen) atoms. The predicted octanol–water partition coefficient (Wildman–Crippen LogP) is 3.44. The zero-order chi connectivity index (χ0) is 14.9. The maximum absolute atomic E-state index is 12.9. The number of carbonyl (C=O) groups excluding carboxylic acids is 1. The third-order valence-electron chi connectivity index (χ3n) is 4.94. The number of allylic oxidation sites excluding steroid dienone is 2. The number of likely N-dealkylation sites (tertiary alicyclic amines) is 1. The van der Waals surface area contributed by atoms with Gasteiger partial charge >= 0.3 is 0 Å². The summed E-state index contributed by atoms with van der Waals surface area (Å²) in [6.07, 6.45) is 9.35. The molecular formula is C18H21NO3. The van der Waals surface area contributed by atoms with Crippen LogP contribution in [0.1, 0.15) is 43.7 Å². The minimum Gasteiger partial charge on any atom is -0.454 e. The van der Waals surface area contributed by atoms with Crippen molar-refractivity contribution >= 4 is 5.91 Å². The minimum atomic E-state index is 0.166. The van der Waals surface area contributed by atoms with E-state index in [1.165, 1.54) is 5.56 Å². The first-order chi connectivity index (χ1) is 10.8.